The fraction of sp³-hybridized carbons (Fsp3) is 0.278. The molecule has 0 unspecified atom stereocenters. The molecule has 0 bridgehead atoms. The predicted octanol–water partition coefficient (Wildman–Crippen LogP) is 3.48. The standard InChI is InChI=1S/C18H19N5O3S2/c1-2-14-9-15-17(21-11-22-18(15)28-14)27-10-16(24)20-8-7-19-12-3-5-13(6-4-12)23(25)26/h3-6,9,11,19H,2,7-8,10H2,1H3,(H,20,24). The molecule has 0 fully saturated rings. The van der Waals surface area contributed by atoms with Crippen molar-refractivity contribution in [3.8, 4) is 0 Å². The van der Waals surface area contributed by atoms with Gasteiger partial charge in [-0.15, -0.1) is 11.3 Å². The van der Waals surface area contributed by atoms with Crippen LogP contribution in [0.15, 0.2) is 41.7 Å². The number of fused-ring (bicyclic) bond motifs is 1. The topological polar surface area (TPSA) is 110 Å². The number of carbonyl (C=O) groups is 1. The van der Waals surface area contributed by atoms with E-state index in [0.717, 1.165) is 27.4 Å². The van der Waals surface area contributed by atoms with Crippen molar-refractivity contribution in [2.24, 2.45) is 0 Å². The molecule has 146 valence electrons. The van der Waals surface area contributed by atoms with Crippen molar-refractivity contribution >= 4 is 50.6 Å². The quantitative estimate of drug-likeness (QED) is 0.180. The maximum Gasteiger partial charge on any atom is 0.269 e. The van der Waals surface area contributed by atoms with Crippen molar-refractivity contribution < 1.29 is 9.72 Å². The van der Waals surface area contributed by atoms with Crippen LogP contribution in [0, 0.1) is 10.1 Å². The molecule has 0 aliphatic heterocycles. The Labute approximate surface area is 169 Å². The van der Waals surface area contributed by atoms with E-state index < -0.39 is 4.92 Å². The van der Waals surface area contributed by atoms with Crippen LogP contribution in [-0.2, 0) is 11.2 Å². The van der Waals surface area contributed by atoms with Gasteiger partial charge in [-0.1, -0.05) is 18.7 Å². The van der Waals surface area contributed by atoms with Gasteiger partial charge in [0.05, 0.1) is 10.7 Å². The number of hydrogen-bond donors (Lipinski definition) is 2. The summed E-state index contributed by atoms with van der Waals surface area (Å²) >= 11 is 3.05. The molecule has 0 spiro atoms. The molecule has 0 radical (unpaired) electrons. The first-order valence-electron chi connectivity index (χ1n) is 8.68. The fourth-order valence-electron chi connectivity index (χ4n) is 2.47. The molecule has 2 heterocycles. The van der Waals surface area contributed by atoms with Gasteiger partial charge in [-0.2, -0.15) is 0 Å². The van der Waals surface area contributed by atoms with Gasteiger partial charge < -0.3 is 10.6 Å². The number of aryl methyl sites for hydroxylation is 1. The van der Waals surface area contributed by atoms with E-state index in [2.05, 4.69) is 33.6 Å². The van der Waals surface area contributed by atoms with E-state index in [9.17, 15) is 14.9 Å². The lowest BCUT2D eigenvalue weighted by molar-refractivity contribution is -0.384. The minimum atomic E-state index is -0.438. The van der Waals surface area contributed by atoms with E-state index in [1.165, 1.54) is 35.1 Å². The highest BCUT2D eigenvalue weighted by Crippen LogP contribution is 2.30. The zero-order valence-corrected chi connectivity index (χ0v) is 16.8. The lowest BCUT2D eigenvalue weighted by atomic mass is 10.3. The van der Waals surface area contributed by atoms with Crippen molar-refractivity contribution in [2.45, 2.75) is 18.4 Å². The van der Waals surface area contributed by atoms with E-state index in [0.29, 0.717) is 13.1 Å². The number of thiophene rings is 1. The van der Waals surface area contributed by atoms with Crippen LogP contribution in [0.3, 0.4) is 0 Å². The van der Waals surface area contributed by atoms with Gasteiger partial charge in [-0.25, -0.2) is 9.97 Å². The van der Waals surface area contributed by atoms with Crippen molar-refractivity contribution in [3.63, 3.8) is 0 Å². The van der Waals surface area contributed by atoms with Crippen LogP contribution in [0.1, 0.15) is 11.8 Å². The fourth-order valence-corrected chi connectivity index (χ4v) is 4.27. The van der Waals surface area contributed by atoms with Gasteiger partial charge in [0.25, 0.3) is 5.69 Å². The van der Waals surface area contributed by atoms with Crippen LogP contribution in [0.2, 0.25) is 0 Å². The summed E-state index contributed by atoms with van der Waals surface area (Å²) in [6.07, 6.45) is 2.49. The monoisotopic (exact) mass is 417 g/mol. The number of anilines is 1. The summed E-state index contributed by atoms with van der Waals surface area (Å²) in [5.41, 5.74) is 0.813. The first-order valence-corrected chi connectivity index (χ1v) is 10.5. The smallest absolute Gasteiger partial charge is 0.269 e. The van der Waals surface area contributed by atoms with Crippen LogP contribution in [0.4, 0.5) is 11.4 Å². The molecule has 1 amide bonds. The van der Waals surface area contributed by atoms with Crippen molar-refractivity contribution in [2.75, 3.05) is 24.2 Å². The molecule has 28 heavy (non-hydrogen) atoms. The molecule has 0 aliphatic rings. The Balaban J connectivity index is 1.42. The second-order valence-electron chi connectivity index (χ2n) is 5.83. The highest BCUT2D eigenvalue weighted by atomic mass is 32.2. The van der Waals surface area contributed by atoms with Gasteiger partial charge in [0.1, 0.15) is 16.2 Å². The Hall–Kier alpha value is -2.72. The molecule has 10 heteroatoms. The Morgan fingerprint density at radius 3 is 2.75 bits per heavy atom. The third-order valence-corrected chi connectivity index (χ3v) is 6.08. The Bertz CT molecular complexity index is 975. The summed E-state index contributed by atoms with van der Waals surface area (Å²) in [7, 11) is 0. The van der Waals surface area contributed by atoms with E-state index >= 15 is 0 Å². The van der Waals surface area contributed by atoms with Gasteiger partial charge in [-0.3, -0.25) is 14.9 Å². The van der Waals surface area contributed by atoms with Gasteiger partial charge in [0.15, 0.2) is 0 Å². The van der Waals surface area contributed by atoms with Crippen LogP contribution in [0.25, 0.3) is 10.2 Å². The summed E-state index contributed by atoms with van der Waals surface area (Å²) in [4.78, 5) is 33.0. The molecule has 0 aliphatic carbocycles. The van der Waals surface area contributed by atoms with E-state index in [-0.39, 0.29) is 17.3 Å². The number of amides is 1. The summed E-state index contributed by atoms with van der Waals surface area (Å²) in [6.45, 7) is 3.08. The summed E-state index contributed by atoms with van der Waals surface area (Å²) < 4.78 is 0. The molecule has 0 saturated heterocycles. The number of non-ortho nitro benzene ring substituents is 1. The molecule has 3 rings (SSSR count). The molecule has 0 atom stereocenters. The molecule has 8 nitrogen and oxygen atoms in total. The third-order valence-electron chi connectivity index (χ3n) is 3.89. The average molecular weight is 418 g/mol. The van der Waals surface area contributed by atoms with Crippen LogP contribution >= 0.6 is 23.1 Å². The second kappa shape index (κ2) is 9.47. The number of nitrogens with one attached hydrogen (secondary N) is 2. The Morgan fingerprint density at radius 2 is 2.04 bits per heavy atom. The maximum atomic E-state index is 12.1. The average Bonchev–Trinajstić information content (AvgIpc) is 3.14. The zero-order valence-electron chi connectivity index (χ0n) is 15.2. The molecule has 2 N–H and O–H groups in total. The highest BCUT2D eigenvalue weighted by Gasteiger charge is 2.10. The molecule has 2 aromatic heterocycles. The number of benzene rings is 1. The minimum Gasteiger partial charge on any atom is -0.383 e. The number of nitro benzene ring substituents is 1. The van der Waals surface area contributed by atoms with Gasteiger partial charge in [0, 0.05) is 41.2 Å². The number of carbonyl (C=O) groups excluding carboxylic acids is 1. The first-order chi connectivity index (χ1) is 13.6. The molecule has 0 saturated carbocycles. The van der Waals surface area contributed by atoms with Gasteiger partial charge >= 0.3 is 0 Å². The number of nitrogens with zero attached hydrogens (tertiary/aromatic N) is 3. The molecule has 3 aromatic rings. The van der Waals surface area contributed by atoms with Crippen LogP contribution in [0.5, 0.6) is 0 Å². The van der Waals surface area contributed by atoms with E-state index in [4.69, 9.17) is 0 Å². The number of thioether (sulfide) groups is 1. The minimum absolute atomic E-state index is 0.0476. The number of rotatable bonds is 9. The van der Waals surface area contributed by atoms with Gasteiger partial charge in [0.2, 0.25) is 5.91 Å². The number of aromatic nitrogens is 2. The molecule has 1 aromatic carbocycles. The number of hydrogen-bond acceptors (Lipinski definition) is 8. The molecular weight excluding hydrogens is 398 g/mol. The summed E-state index contributed by atoms with van der Waals surface area (Å²) in [5.74, 6) is 0.203. The first kappa shape index (κ1) is 20.0. The van der Waals surface area contributed by atoms with Crippen LogP contribution in [-0.4, -0.2) is 39.6 Å². The van der Waals surface area contributed by atoms with Crippen LogP contribution < -0.4 is 10.6 Å². The summed E-state index contributed by atoms with van der Waals surface area (Å²) in [5, 5.41) is 18.4. The highest BCUT2D eigenvalue weighted by molar-refractivity contribution is 8.00. The largest absolute Gasteiger partial charge is 0.383 e. The lowest BCUT2D eigenvalue weighted by Gasteiger charge is -2.08. The van der Waals surface area contributed by atoms with E-state index in [1.807, 2.05) is 0 Å². The predicted molar refractivity (Wildman–Crippen MR) is 112 cm³/mol. The summed E-state index contributed by atoms with van der Waals surface area (Å²) in [6, 6.07) is 8.25. The SMILES string of the molecule is CCc1cc2c(SCC(=O)NCCNc3ccc([N+](=O)[O-])cc3)ncnc2s1. The second-order valence-corrected chi connectivity index (χ2v) is 7.91. The maximum absolute atomic E-state index is 12.1. The van der Waals surface area contributed by atoms with Crippen molar-refractivity contribution in [1.29, 1.82) is 0 Å². The zero-order chi connectivity index (χ0) is 19.9. The normalized spacial score (nSPS) is 10.8. The number of nitro groups is 1. The Kier molecular flexibility index (Phi) is 6.77. The van der Waals surface area contributed by atoms with E-state index in [1.54, 1.807) is 23.5 Å². The van der Waals surface area contributed by atoms with Crippen molar-refractivity contribution in [3.05, 3.63) is 51.7 Å². The Morgan fingerprint density at radius 1 is 1.25 bits per heavy atom. The van der Waals surface area contributed by atoms with Gasteiger partial charge in [-0.05, 0) is 24.6 Å². The third kappa shape index (κ3) is 5.17. The van der Waals surface area contributed by atoms with Crippen molar-refractivity contribution in [1.82, 2.24) is 15.3 Å². The lowest BCUT2D eigenvalue weighted by Crippen LogP contribution is -2.30. The molecular formula is C18H19N5O3S2.